The highest BCUT2D eigenvalue weighted by atomic mass is 35.5. The number of phenols is 1. The quantitative estimate of drug-likeness (QED) is 0.565. The fourth-order valence-electron chi connectivity index (χ4n) is 3.52. The first-order chi connectivity index (χ1) is 13.3. The van der Waals surface area contributed by atoms with Gasteiger partial charge in [0, 0.05) is 30.9 Å². The van der Waals surface area contributed by atoms with E-state index in [0.29, 0.717) is 27.3 Å². The van der Waals surface area contributed by atoms with Crippen LogP contribution in [0.2, 0.25) is 5.02 Å². The van der Waals surface area contributed by atoms with Crippen LogP contribution in [0.5, 0.6) is 5.75 Å². The molecule has 6 nitrogen and oxygen atoms in total. The van der Waals surface area contributed by atoms with E-state index in [0.717, 1.165) is 15.7 Å². The lowest BCUT2D eigenvalue weighted by molar-refractivity contribution is 0.472. The van der Waals surface area contributed by atoms with Gasteiger partial charge in [-0.15, -0.1) is 0 Å². The number of aromatic hydroxyl groups is 1. The van der Waals surface area contributed by atoms with Crippen molar-refractivity contribution in [2.24, 2.45) is 14.1 Å². The minimum Gasteiger partial charge on any atom is -0.506 e. The smallest absolute Gasteiger partial charge is 0.330 e. The lowest BCUT2D eigenvalue weighted by Crippen LogP contribution is -2.36. The molecular weight excluding hydrogens is 378 g/mol. The number of aromatic nitrogens is 3. The van der Waals surface area contributed by atoms with E-state index in [1.165, 1.54) is 17.7 Å². The van der Waals surface area contributed by atoms with Crippen LogP contribution in [0.25, 0.3) is 27.8 Å². The first kappa shape index (κ1) is 18.1. The van der Waals surface area contributed by atoms with Crippen LogP contribution in [0.4, 0.5) is 0 Å². The topological polar surface area (TPSA) is 69.2 Å². The Bertz CT molecular complexity index is 1360. The van der Waals surface area contributed by atoms with Crippen molar-refractivity contribution >= 4 is 22.5 Å². The molecule has 0 fully saturated rings. The van der Waals surface area contributed by atoms with Gasteiger partial charge in [-0.25, -0.2) is 4.79 Å². The first-order valence-electron chi connectivity index (χ1n) is 8.67. The maximum absolute atomic E-state index is 13.1. The van der Waals surface area contributed by atoms with Gasteiger partial charge in [-0.1, -0.05) is 35.9 Å². The van der Waals surface area contributed by atoms with Crippen molar-refractivity contribution in [2.75, 3.05) is 0 Å². The summed E-state index contributed by atoms with van der Waals surface area (Å²) < 4.78 is 4.23. The van der Waals surface area contributed by atoms with Crippen molar-refractivity contribution in [1.29, 1.82) is 0 Å². The maximum atomic E-state index is 13.1. The Balaban J connectivity index is 2.28. The molecule has 0 bridgehead atoms. The zero-order chi connectivity index (χ0) is 20.2. The number of aryl methyl sites for hydroxylation is 2. The van der Waals surface area contributed by atoms with Crippen LogP contribution in [0.1, 0.15) is 5.56 Å². The maximum Gasteiger partial charge on any atom is 0.330 e. The average Bonchev–Trinajstić information content (AvgIpc) is 3.07. The lowest BCUT2D eigenvalue weighted by atomic mass is 10.0. The molecule has 1 N–H and O–H groups in total. The van der Waals surface area contributed by atoms with Crippen molar-refractivity contribution in [2.45, 2.75) is 6.92 Å². The van der Waals surface area contributed by atoms with E-state index in [1.54, 1.807) is 29.9 Å². The van der Waals surface area contributed by atoms with Gasteiger partial charge in [0.1, 0.15) is 5.75 Å². The zero-order valence-corrected chi connectivity index (χ0v) is 16.4. The van der Waals surface area contributed by atoms with Crippen molar-refractivity contribution in [1.82, 2.24) is 13.7 Å². The van der Waals surface area contributed by atoms with Gasteiger partial charge in [0.05, 0.1) is 22.3 Å². The molecule has 0 aliphatic heterocycles. The second kappa shape index (κ2) is 6.42. The van der Waals surface area contributed by atoms with Crippen LogP contribution < -0.4 is 11.2 Å². The number of rotatable bonds is 2. The minimum atomic E-state index is -0.415. The summed E-state index contributed by atoms with van der Waals surface area (Å²) in [6, 6.07) is 12.4. The fourth-order valence-corrected chi connectivity index (χ4v) is 3.69. The summed E-state index contributed by atoms with van der Waals surface area (Å²) in [5.41, 5.74) is 2.48. The van der Waals surface area contributed by atoms with E-state index >= 15 is 0 Å². The highest BCUT2D eigenvalue weighted by Crippen LogP contribution is 2.36. The number of hydrogen-bond acceptors (Lipinski definition) is 3. The molecule has 2 aromatic carbocycles. The molecule has 0 unspecified atom stereocenters. The number of benzene rings is 2. The fraction of sp³-hybridized carbons (Fsp3) is 0.143. The Morgan fingerprint density at radius 2 is 1.71 bits per heavy atom. The normalized spacial score (nSPS) is 11.3. The van der Waals surface area contributed by atoms with Crippen LogP contribution >= 0.6 is 11.6 Å². The number of hydrogen-bond donors (Lipinski definition) is 1. The standard InChI is InChI=1S/C21H18ClN3O3/c1-12-6-4-5-7-14(12)19-18-16(23(2)21(28)24(3)20(18)27)11-25(19)15-10-13(22)8-9-17(15)26/h4-11,26H,1-3H3. The molecule has 142 valence electrons. The summed E-state index contributed by atoms with van der Waals surface area (Å²) in [6.07, 6.45) is 1.69. The molecule has 4 aromatic rings. The van der Waals surface area contributed by atoms with Gasteiger partial charge in [-0.2, -0.15) is 0 Å². The zero-order valence-electron chi connectivity index (χ0n) is 15.6. The molecule has 0 spiro atoms. The lowest BCUT2D eigenvalue weighted by Gasteiger charge is -2.13. The molecule has 0 atom stereocenters. The summed E-state index contributed by atoms with van der Waals surface area (Å²) >= 11 is 6.16. The molecule has 2 aromatic heterocycles. The Kier molecular flexibility index (Phi) is 4.16. The SMILES string of the molecule is Cc1ccccc1-c1c2c(=O)n(C)c(=O)n(C)c2cn1-c1cc(Cl)ccc1O. The van der Waals surface area contributed by atoms with E-state index < -0.39 is 11.2 Å². The number of phenolic OH excluding ortho intramolecular Hbond substituents is 1. The molecule has 0 aliphatic carbocycles. The minimum absolute atomic E-state index is 0.0152. The molecule has 0 aliphatic rings. The Labute approximate surface area is 165 Å². The molecule has 4 rings (SSSR count). The van der Waals surface area contributed by atoms with Gasteiger partial charge in [0.2, 0.25) is 0 Å². The van der Waals surface area contributed by atoms with Crippen molar-refractivity contribution in [3.63, 3.8) is 0 Å². The highest BCUT2D eigenvalue weighted by Gasteiger charge is 2.22. The van der Waals surface area contributed by atoms with Gasteiger partial charge >= 0.3 is 5.69 Å². The third-order valence-electron chi connectivity index (χ3n) is 5.04. The molecule has 0 saturated carbocycles. The van der Waals surface area contributed by atoms with Gasteiger partial charge in [-0.05, 0) is 30.7 Å². The molecule has 2 heterocycles. The van der Waals surface area contributed by atoms with Crippen LogP contribution in [0.15, 0.2) is 58.3 Å². The van der Waals surface area contributed by atoms with Crippen LogP contribution in [-0.2, 0) is 14.1 Å². The highest BCUT2D eigenvalue weighted by molar-refractivity contribution is 6.30. The average molecular weight is 396 g/mol. The molecule has 7 heteroatoms. The third-order valence-corrected chi connectivity index (χ3v) is 5.27. The summed E-state index contributed by atoms with van der Waals surface area (Å²) in [6.45, 7) is 1.95. The van der Waals surface area contributed by atoms with Crippen molar-refractivity contribution in [3.8, 4) is 22.7 Å². The van der Waals surface area contributed by atoms with Crippen LogP contribution in [-0.4, -0.2) is 18.8 Å². The van der Waals surface area contributed by atoms with Gasteiger partial charge < -0.3 is 9.67 Å². The summed E-state index contributed by atoms with van der Waals surface area (Å²) in [4.78, 5) is 25.5. The van der Waals surface area contributed by atoms with Crippen LogP contribution in [0, 0.1) is 6.92 Å². The monoisotopic (exact) mass is 395 g/mol. The second-order valence-electron chi connectivity index (χ2n) is 6.76. The van der Waals surface area contributed by atoms with Crippen LogP contribution in [0.3, 0.4) is 0 Å². The molecule has 28 heavy (non-hydrogen) atoms. The van der Waals surface area contributed by atoms with Gasteiger partial charge in [0.25, 0.3) is 5.56 Å². The van der Waals surface area contributed by atoms with E-state index in [2.05, 4.69) is 0 Å². The van der Waals surface area contributed by atoms with Crippen molar-refractivity contribution < 1.29 is 5.11 Å². The van der Waals surface area contributed by atoms with E-state index in [4.69, 9.17) is 11.6 Å². The second-order valence-corrected chi connectivity index (χ2v) is 7.20. The van der Waals surface area contributed by atoms with Gasteiger partial charge in [-0.3, -0.25) is 13.9 Å². The Morgan fingerprint density at radius 1 is 1.00 bits per heavy atom. The summed E-state index contributed by atoms with van der Waals surface area (Å²) in [5.74, 6) is 0.0152. The number of fused-ring (bicyclic) bond motifs is 1. The Hall–Kier alpha value is -3.25. The largest absolute Gasteiger partial charge is 0.506 e. The van der Waals surface area contributed by atoms with Crippen molar-refractivity contribution in [3.05, 3.63) is 80.1 Å². The summed E-state index contributed by atoms with van der Waals surface area (Å²) in [7, 11) is 3.08. The predicted octanol–water partition coefficient (Wildman–Crippen LogP) is 3.36. The van der Waals surface area contributed by atoms with E-state index in [1.807, 2.05) is 31.2 Å². The molecular formula is C21H18ClN3O3. The molecule has 0 amide bonds. The molecule has 0 saturated heterocycles. The van der Waals surface area contributed by atoms with E-state index in [-0.39, 0.29) is 5.75 Å². The first-order valence-corrected chi connectivity index (χ1v) is 9.05. The van der Waals surface area contributed by atoms with Gasteiger partial charge in [0.15, 0.2) is 0 Å². The predicted molar refractivity (Wildman–Crippen MR) is 111 cm³/mol. The third kappa shape index (κ3) is 2.57. The Morgan fingerprint density at radius 3 is 2.43 bits per heavy atom. The summed E-state index contributed by atoms with van der Waals surface area (Å²) in [5, 5.41) is 11.3. The molecule has 0 radical (unpaired) electrons. The van der Waals surface area contributed by atoms with E-state index in [9.17, 15) is 14.7 Å². The number of nitrogens with zero attached hydrogens (tertiary/aromatic N) is 3. The number of halogens is 1.